The number of halogens is 1. The maximum Gasteiger partial charge on any atom is 0.161 e. The van der Waals surface area contributed by atoms with Crippen molar-refractivity contribution in [3.63, 3.8) is 0 Å². The molecule has 4 heterocycles. The number of hydrogen-bond acceptors (Lipinski definition) is 5. The predicted octanol–water partition coefficient (Wildman–Crippen LogP) is 6.19. The molecular weight excluding hydrogens is 441 g/mol. The van der Waals surface area contributed by atoms with Crippen molar-refractivity contribution in [1.29, 1.82) is 0 Å². The molecule has 0 radical (unpaired) electrons. The molecule has 0 aliphatic rings. The van der Waals surface area contributed by atoms with Crippen molar-refractivity contribution < 1.29 is 4.39 Å². The Morgan fingerprint density at radius 1 is 0.857 bits per heavy atom. The number of imidazole rings is 1. The summed E-state index contributed by atoms with van der Waals surface area (Å²) in [6, 6.07) is 18.6. The van der Waals surface area contributed by atoms with E-state index in [1.807, 2.05) is 42.5 Å². The van der Waals surface area contributed by atoms with Crippen molar-refractivity contribution in [1.82, 2.24) is 30.1 Å². The van der Waals surface area contributed by atoms with Crippen LogP contribution < -0.4 is 5.32 Å². The summed E-state index contributed by atoms with van der Waals surface area (Å²) in [5.74, 6) is 0.275. The second-order valence-corrected chi connectivity index (χ2v) is 8.69. The number of para-hydroxylation sites is 1. The summed E-state index contributed by atoms with van der Waals surface area (Å²) in [6.07, 6.45) is 3.59. The van der Waals surface area contributed by atoms with Crippen LogP contribution >= 0.6 is 0 Å². The van der Waals surface area contributed by atoms with Crippen LogP contribution in [-0.4, -0.2) is 36.2 Å². The van der Waals surface area contributed by atoms with Crippen LogP contribution in [-0.2, 0) is 0 Å². The minimum atomic E-state index is -0.288. The number of benzene rings is 2. The first-order valence-electron chi connectivity index (χ1n) is 11.4. The van der Waals surface area contributed by atoms with Gasteiger partial charge < -0.3 is 10.3 Å². The molecule has 4 aromatic heterocycles. The van der Waals surface area contributed by atoms with Gasteiger partial charge in [-0.05, 0) is 44.2 Å². The highest BCUT2D eigenvalue weighted by atomic mass is 19.1. The zero-order valence-electron chi connectivity index (χ0n) is 19.2. The first-order chi connectivity index (χ1) is 17.1. The van der Waals surface area contributed by atoms with Gasteiger partial charge in [0.05, 0.1) is 27.9 Å². The van der Waals surface area contributed by atoms with Crippen LogP contribution in [0.3, 0.4) is 0 Å². The van der Waals surface area contributed by atoms with E-state index < -0.39 is 0 Å². The summed E-state index contributed by atoms with van der Waals surface area (Å²) in [5.41, 5.74) is 7.40. The van der Waals surface area contributed by atoms with Crippen molar-refractivity contribution in [2.24, 2.45) is 0 Å². The molecule has 6 rings (SSSR count). The van der Waals surface area contributed by atoms with Gasteiger partial charge in [0.1, 0.15) is 11.3 Å². The van der Waals surface area contributed by atoms with Crippen LogP contribution in [0.5, 0.6) is 0 Å². The highest BCUT2D eigenvalue weighted by molar-refractivity contribution is 5.96. The zero-order valence-corrected chi connectivity index (χ0v) is 19.2. The first-order valence-corrected chi connectivity index (χ1v) is 11.4. The van der Waals surface area contributed by atoms with E-state index in [0.29, 0.717) is 34.2 Å². The molecule has 6 aromatic rings. The van der Waals surface area contributed by atoms with Gasteiger partial charge in [0.25, 0.3) is 0 Å². The molecule has 0 fully saturated rings. The summed E-state index contributed by atoms with van der Waals surface area (Å²) >= 11 is 0. The Hall–Kier alpha value is -4.59. The SMILES string of the molecule is CC(C)Nc1cncc(-c2ccc3[nH]nc(-c4nc5c(-c6ccccc6F)cccc5[nH]4)c3n2)c1. The number of H-pyrrole nitrogens is 2. The molecule has 35 heavy (non-hydrogen) atoms. The van der Waals surface area contributed by atoms with Crippen molar-refractivity contribution in [3.8, 4) is 33.9 Å². The lowest BCUT2D eigenvalue weighted by atomic mass is 10.0. The summed E-state index contributed by atoms with van der Waals surface area (Å²) < 4.78 is 14.5. The van der Waals surface area contributed by atoms with Crippen molar-refractivity contribution in [3.05, 3.63) is 78.9 Å². The molecule has 0 atom stereocenters. The lowest BCUT2D eigenvalue weighted by Gasteiger charge is -2.10. The lowest BCUT2D eigenvalue weighted by molar-refractivity contribution is 0.631. The second kappa shape index (κ2) is 8.32. The lowest BCUT2D eigenvalue weighted by Crippen LogP contribution is -2.09. The zero-order chi connectivity index (χ0) is 23.9. The number of aromatic nitrogens is 6. The third-order valence-corrected chi connectivity index (χ3v) is 5.80. The molecule has 7 nitrogen and oxygen atoms in total. The second-order valence-electron chi connectivity index (χ2n) is 8.69. The molecule has 3 N–H and O–H groups in total. The van der Waals surface area contributed by atoms with E-state index in [9.17, 15) is 4.39 Å². The average molecular weight is 464 g/mol. The van der Waals surface area contributed by atoms with Crippen molar-refractivity contribution in [2.45, 2.75) is 19.9 Å². The highest BCUT2D eigenvalue weighted by Gasteiger charge is 2.18. The number of rotatable bonds is 5. The van der Waals surface area contributed by atoms with Gasteiger partial charge in [-0.25, -0.2) is 14.4 Å². The number of pyridine rings is 2. The summed E-state index contributed by atoms with van der Waals surface area (Å²) in [6.45, 7) is 4.17. The topological polar surface area (TPSA) is 95.2 Å². The molecule has 2 aromatic carbocycles. The largest absolute Gasteiger partial charge is 0.382 e. The summed E-state index contributed by atoms with van der Waals surface area (Å²) in [7, 11) is 0. The van der Waals surface area contributed by atoms with Crippen LogP contribution in [0.15, 0.2) is 73.1 Å². The Balaban J connectivity index is 1.46. The van der Waals surface area contributed by atoms with Crippen LogP contribution in [0.2, 0.25) is 0 Å². The number of aromatic amines is 2. The number of anilines is 1. The van der Waals surface area contributed by atoms with Crippen LogP contribution in [0, 0.1) is 5.82 Å². The normalized spacial score (nSPS) is 11.5. The third-order valence-electron chi connectivity index (χ3n) is 5.80. The van der Waals surface area contributed by atoms with Gasteiger partial charge >= 0.3 is 0 Å². The fourth-order valence-electron chi connectivity index (χ4n) is 4.26. The maximum absolute atomic E-state index is 14.5. The monoisotopic (exact) mass is 463 g/mol. The molecule has 0 aliphatic heterocycles. The van der Waals surface area contributed by atoms with Crippen molar-refractivity contribution >= 4 is 27.8 Å². The Kier molecular flexibility index (Phi) is 4.99. The minimum absolute atomic E-state index is 0.288. The Morgan fingerprint density at radius 3 is 2.57 bits per heavy atom. The number of nitrogens with zero attached hydrogens (tertiary/aromatic N) is 4. The number of nitrogens with one attached hydrogen (secondary N) is 3. The van der Waals surface area contributed by atoms with Crippen LogP contribution in [0.4, 0.5) is 10.1 Å². The quantitative estimate of drug-likeness (QED) is 0.283. The van der Waals surface area contributed by atoms with E-state index in [-0.39, 0.29) is 5.82 Å². The summed E-state index contributed by atoms with van der Waals surface area (Å²) in [5, 5.41) is 10.9. The first kappa shape index (κ1) is 21.0. The van der Waals surface area contributed by atoms with Gasteiger partial charge in [0.15, 0.2) is 11.5 Å². The molecule has 0 amide bonds. The van der Waals surface area contributed by atoms with E-state index in [2.05, 4.69) is 39.3 Å². The van der Waals surface area contributed by atoms with Crippen molar-refractivity contribution in [2.75, 3.05) is 5.32 Å². The molecule has 0 unspecified atom stereocenters. The molecule has 8 heteroatoms. The van der Waals surface area contributed by atoms with E-state index in [0.717, 1.165) is 33.5 Å². The van der Waals surface area contributed by atoms with Gasteiger partial charge in [0.2, 0.25) is 0 Å². The number of fused-ring (bicyclic) bond motifs is 2. The van der Waals surface area contributed by atoms with E-state index in [1.54, 1.807) is 24.5 Å². The molecule has 0 saturated heterocycles. The molecule has 172 valence electrons. The fourth-order valence-corrected chi connectivity index (χ4v) is 4.26. The van der Waals surface area contributed by atoms with Gasteiger partial charge in [-0.1, -0.05) is 30.3 Å². The highest BCUT2D eigenvalue weighted by Crippen LogP contribution is 2.33. The standard InChI is InChI=1S/C27H22FN7/c1-15(2)30-17-12-16(13-29-14-17)21-10-11-23-25(31-21)26(35-34-23)27-32-22-9-5-7-19(24(22)33-27)18-6-3-4-8-20(18)28/h3-15,30H,1-2H3,(H,32,33)(H,34,35). The Bertz CT molecular complexity index is 1680. The molecule has 0 spiro atoms. The summed E-state index contributed by atoms with van der Waals surface area (Å²) in [4.78, 5) is 17.4. The van der Waals surface area contributed by atoms with Gasteiger partial charge in [0, 0.05) is 35.1 Å². The Morgan fingerprint density at radius 2 is 1.71 bits per heavy atom. The Labute approximate surface area is 200 Å². The fraction of sp³-hybridized carbons (Fsp3) is 0.111. The molecular formula is C27H22FN7. The average Bonchev–Trinajstić information content (AvgIpc) is 3.47. The third kappa shape index (κ3) is 3.78. The van der Waals surface area contributed by atoms with E-state index in [1.165, 1.54) is 6.07 Å². The molecule has 0 bridgehead atoms. The minimum Gasteiger partial charge on any atom is -0.382 e. The molecule has 0 aliphatic carbocycles. The predicted molar refractivity (Wildman–Crippen MR) is 136 cm³/mol. The van der Waals surface area contributed by atoms with Crippen LogP contribution in [0.25, 0.3) is 56.0 Å². The number of hydrogen-bond donors (Lipinski definition) is 3. The smallest absolute Gasteiger partial charge is 0.161 e. The van der Waals surface area contributed by atoms with Crippen LogP contribution in [0.1, 0.15) is 13.8 Å². The van der Waals surface area contributed by atoms with Gasteiger partial charge in [-0.3, -0.25) is 10.1 Å². The van der Waals surface area contributed by atoms with E-state index >= 15 is 0 Å². The van der Waals surface area contributed by atoms with Gasteiger partial charge in [-0.15, -0.1) is 0 Å². The molecule has 0 saturated carbocycles. The maximum atomic E-state index is 14.5. The van der Waals surface area contributed by atoms with Gasteiger partial charge in [-0.2, -0.15) is 5.10 Å². The van der Waals surface area contributed by atoms with E-state index in [4.69, 9.17) is 9.97 Å².